The van der Waals surface area contributed by atoms with Crippen molar-refractivity contribution in [3.8, 4) is 0 Å². The quantitative estimate of drug-likeness (QED) is 0.645. The summed E-state index contributed by atoms with van der Waals surface area (Å²) >= 11 is 1.72. The third-order valence-corrected chi connectivity index (χ3v) is 3.34. The molecule has 1 nitrogen and oxygen atoms in total. The molecule has 2 aromatic rings. The number of hydrogen-bond acceptors (Lipinski definition) is 2. The van der Waals surface area contributed by atoms with E-state index in [1.807, 2.05) is 17.8 Å². The molecule has 0 amide bonds. The van der Waals surface area contributed by atoms with E-state index in [9.17, 15) is 0 Å². The highest BCUT2D eigenvalue weighted by Crippen LogP contribution is 2.30. The highest BCUT2D eigenvalue weighted by atomic mass is 32.2. The summed E-state index contributed by atoms with van der Waals surface area (Å²) in [5.41, 5.74) is 1.23. The molecule has 0 fully saturated rings. The minimum Gasteiger partial charge on any atom is -0.263 e. The predicted octanol–water partition coefficient (Wildman–Crippen LogP) is 3.84. The number of aliphatic imine (C=N–C) groups is 1. The Hall–Kier alpha value is -1.54. The number of fused-ring (bicyclic) bond motifs is 3. The van der Waals surface area contributed by atoms with Gasteiger partial charge in [-0.15, -0.1) is 0 Å². The Bertz CT molecular complexity index is 570. The molecule has 2 heteroatoms. The number of nitrogens with zero attached hydrogens (tertiary/aromatic N) is 1. The lowest BCUT2D eigenvalue weighted by molar-refractivity contribution is 1.48. The second-order valence-electron chi connectivity index (χ2n) is 3.38. The fourth-order valence-electron chi connectivity index (χ4n) is 1.77. The highest BCUT2D eigenvalue weighted by Gasteiger charge is 2.06. The summed E-state index contributed by atoms with van der Waals surface area (Å²) in [5.74, 6) is 0. The Labute approximate surface area is 92.5 Å². The van der Waals surface area contributed by atoms with Crippen LogP contribution in [-0.2, 0) is 0 Å². The van der Waals surface area contributed by atoms with E-state index in [4.69, 9.17) is 0 Å². The van der Waals surface area contributed by atoms with Crippen molar-refractivity contribution in [3.05, 3.63) is 53.6 Å². The first-order valence-corrected chi connectivity index (χ1v) is 5.70. The maximum atomic E-state index is 4.24. The summed E-state index contributed by atoms with van der Waals surface area (Å²) < 4.78 is 0. The average Bonchev–Trinajstić information content (AvgIpc) is 2.54. The normalized spacial score (nSPS) is 13.9. The highest BCUT2D eigenvalue weighted by molar-refractivity contribution is 8.02. The minimum atomic E-state index is 1.23. The molecule has 0 aromatic heterocycles. The fraction of sp³-hybridized carbons (Fsp3) is 0. The van der Waals surface area contributed by atoms with Gasteiger partial charge < -0.3 is 0 Å². The number of rotatable bonds is 0. The van der Waals surface area contributed by atoms with Crippen molar-refractivity contribution < 1.29 is 0 Å². The van der Waals surface area contributed by atoms with E-state index in [-0.39, 0.29) is 0 Å². The van der Waals surface area contributed by atoms with Crippen LogP contribution in [0.2, 0.25) is 0 Å². The Morgan fingerprint density at radius 1 is 1.00 bits per heavy atom. The molecule has 72 valence electrons. The van der Waals surface area contributed by atoms with Crippen LogP contribution in [0.1, 0.15) is 5.56 Å². The molecule has 0 radical (unpaired) electrons. The SMILES string of the molecule is C1=CSc2ccc3ccccc3c2C=N1. The maximum Gasteiger partial charge on any atom is 0.0358 e. The molecule has 0 spiro atoms. The monoisotopic (exact) mass is 211 g/mol. The molecule has 0 saturated carbocycles. The summed E-state index contributed by atoms with van der Waals surface area (Å²) in [6.07, 6.45) is 3.77. The van der Waals surface area contributed by atoms with E-state index in [0.717, 1.165) is 0 Å². The van der Waals surface area contributed by atoms with Crippen molar-refractivity contribution in [2.45, 2.75) is 4.90 Å². The zero-order valence-corrected chi connectivity index (χ0v) is 8.87. The van der Waals surface area contributed by atoms with Gasteiger partial charge in [-0.1, -0.05) is 42.1 Å². The first-order chi connectivity index (χ1) is 7.45. The molecule has 2 aromatic carbocycles. The van der Waals surface area contributed by atoms with Crippen molar-refractivity contribution in [1.82, 2.24) is 0 Å². The van der Waals surface area contributed by atoms with Crippen LogP contribution in [0.5, 0.6) is 0 Å². The summed E-state index contributed by atoms with van der Waals surface area (Å²) in [4.78, 5) is 5.51. The van der Waals surface area contributed by atoms with Crippen LogP contribution in [0.3, 0.4) is 0 Å². The van der Waals surface area contributed by atoms with Gasteiger partial charge in [0, 0.05) is 22.9 Å². The Morgan fingerprint density at radius 2 is 1.93 bits per heavy atom. The van der Waals surface area contributed by atoms with Crippen LogP contribution in [-0.4, -0.2) is 6.21 Å². The van der Waals surface area contributed by atoms with Crippen LogP contribution in [0.15, 0.2) is 57.9 Å². The molecule has 0 saturated heterocycles. The third kappa shape index (κ3) is 1.47. The van der Waals surface area contributed by atoms with Gasteiger partial charge in [0.15, 0.2) is 0 Å². The molecule has 0 atom stereocenters. The summed E-state index contributed by atoms with van der Waals surface area (Å²) in [5, 5.41) is 4.55. The van der Waals surface area contributed by atoms with Gasteiger partial charge in [0.05, 0.1) is 0 Å². The van der Waals surface area contributed by atoms with Crippen molar-refractivity contribution >= 4 is 28.7 Å². The second-order valence-corrected chi connectivity index (χ2v) is 4.33. The minimum absolute atomic E-state index is 1.23. The molecule has 1 aliphatic heterocycles. The standard InChI is InChI=1S/C13H9NS/c1-2-4-11-10(3-1)5-6-13-12(11)9-14-7-8-15-13/h1-9H. The van der Waals surface area contributed by atoms with E-state index < -0.39 is 0 Å². The fourth-order valence-corrected chi connectivity index (χ4v) is 2.48. The zero-order valence-electron chi connectivity index (χ0n) is 8.05. The van der Waals surface area contributed by atoms with Crippen molar-refractivity contribution in [1.29, 1.82) is 0 Å². The van der Waals surface area contributed by atoms with Gasteiger partial charge in [-0.25, -0.2) is 0 Å². The molecule has 0 aliphatic carbocycles. The lowest BCUT2D eigenvalue weighted by atomic mass is 10.1. The summed E-state index contributed by atoms with van der Waals surface area (Å²) in [6.45, 7) is 0. The summed E-state index contributed by atoms with van der Waals surface area (Å²) in [6, 6.07) is 12.7. The Kier molecular flexibility index (Phi) is 2.07. The first kappa shape index (κ1) is 8.74. The van der Waals surface area contributed by atoms with Gasteiger partial charge in [0.1, 0.15) is 0 Å². The molecular weight excluding hydrogens is 202 g/mol. The number of hydrogen-bond donors (Lipinski definition) is 0. The van der Waals surface area contributed by atoms with E-state index in [2.05, 4.69) is 41.4 Å². The first-order valence-electron chi connectivity index (χ1n) is 4.82. The third-order valence-electron chi connectivity index (χ3n) is 2.48. The van der Waals surface area contributed by atoms with Crippen molar-refractivity contribution in [2.75, 3.05) is 0 Å². The largest absolute Gasteiger partial charge is 0.263 e. The van der Waals surface area contributed by atoms with Crippen LogP contribution in [0.4, 0.5) is 0 Å². The van der Waals surface area contributed by atoms with Gasteiger partial charge >= 0.3 is 0 Å². The molecule has 0 N–H and O–H groups in total. The lowest BCUT2D eigenvalue weighted by Gasteiger charge is -2.05. The van der Waals surface area contributed by atoms with Gasteiger partial charge in [-0.05, 0) is 22.2 Å². The molecule has 3 rings (SSSR count). The maximum absolute atomic E-state index is 4.24. The van der Waals surface area contributed by atoms with Crippen molar-refractivity contribution in [3.63, 3.8) is 0 Å². The predicted molar refractivity (Wildman–Crippen MR) is 66.5 cm³/mol. The van der Waals surface area contributed by atoms with Gasteiger partial charge in [-0.3, -0.25) is 4.99 Å². The van der Waals surface area contributed by atoms with Gasteiger partial charge in [-0.2, -0.15) is 0 Å². The molecule has 0 bridgehead atoms. The van der Waals surface area contributed by atoms with Crippen molar-refractivity contribution in [2.24, 2.45) is 4.99 Å². The van der Waals surface area contributed by atoms with Crippen LogP contribution in [0.25, 0.3) is 10.8 Å². The van der Waals surface area contributed by atoms with Crippen LogP contribution >= 0.6 is 11.8 Å². The second kappa shape index (κ2) is 3.55. The van der Waals surface area contributed by atoms with E-state index in [1.165, 1.54) is 21.2 Å². The molecular formula is C13H9NS. The molecule has 1 aliphatic rings. The van der Waals surface area contributed by atoms with E-state index in [1.54, 1.807) is 11.8 Å². The smallest absolute Gasteiger partial charge is 0.0358 e. The van der Waals surface area contributed by atoms with Gasteiger partial charge in [0.25, 0.3) is 0 Å². The van der Waals surface area contributed by atoms with E-state index in [0.29, 0.717) is 0 Å². The molecule has 0 unspecified atom stereocenters. The topological polar surface area (TPSA) is 12.4 Å². The molecule has 1 heterocycles. The molecule has 15 heavy (non-hydrogen) atoms. The lowest BCUT2D eigenvalue weighted by Crippen LogP contribution is -1.86. The zero-order chi connectivity index (χ0) is 10.1. The number of benzene rings is 2. The Morgan fingerprint density at radius 3 is 2.93 bits per heavy atom. The van der Waals surface area contributed by atoms with Gasteiger partial charge in [0.2, 0.25) is 0 Å². The van der Waals surface area contributed by atoms with E-state index >= 15 is 0 Å². The van der Waals surface area contributed by atoms with Crippen LogP contribution in [0, 0.1) is 0 Å². The van der Waals surface area contributed by atoms with Crippen LogP contribution < -0.4 is 0 Å². The average molecular weight is 211 g/mol. The Balaban J connectivity index is 2.38. The summed E-state index contributed by atoms with van der Waals surface area (Å²) in [7, 11) is 0. The number of thioether (sulfide) groups is 1.